The summed E-state index contributed by atoms with van der Waals surface area (Å²) in [6, 6.07) is 17.5. The Morgan fingerprint density at radius 3 is 2.88 bits per heavy atom. The Morgan fingerprint density at radius 1 is 1.09 bits per heavy atom. The number of pyridine rings is 1. The van der Waals surface area contributed by atoms with Crippen molar-refractivity contribution in [1.82, 2.24) is 4.98 Å². The number of amides is 1. The summed E-state index contributed by atoms with van der Waals surface area (Å²) >= 11 is 0. The number of nitrogens with one attached hydrogen (secondary N) is 1. The van der Waals surface area contributed by atoms with E-state index in [-0.39, 0.29) is 12.5 Å². The first-order chi connectivity index (χ1) is 16.3. The van der Waals surface area contributed by atoms with Gasteiger partial charge in [-0.15, -0.1) is 0 Å². The van der Waals surface area contributed by atoms with Gasteiger partial charge in [0.2, 0.25) is 6.10 Å². The van der Waals surface area contributed by atoms with Gasteiger partial charge in [0.1, 0.15) is 12.4 Å². The van der Waals surface area contributed by atoms with Crippen LogP contribution in [0.15, 0.2) is 66.9 Å². The third-order valence-corrected chi connectivity index (χ3v) is 6.15. The molecule has 7 nitrogen and oxygen atoms in total. The van der Waals surface area contributed by atoms with E-state index in [2.05, 4.69) is 28.5 Å². The number of nitrogens with zero attached hydrogens (tertiary/aromatic N) is 2. The highest BCUT2D eigenvalue weighted by Gasteiger charge is 2.34. The molecular weight excluding hydrogens is 418 g/mol. The maximum atomic E-state index is 13.8. The minimum Gasteiger partial charge on any atom is -0.485 e. The lowest BCUT2D eigenvalue weighted by Gasteiger charge is -2.31. The molecular formula is C26H23N3O4. The highest BCUT2D eigenvalue weighted by Crippen LogP contribution is 2.39. The lowest BCUT2D eigenvalue weighted by molar-refractivity contribution is -0.127. The van der Waals surface area contributed by atoms with Crippen molar-refractivity contribution < 1.29 is 19.0 Å². The number of carbonyl (C=O) groups is 1. The Balaban J connectivity index is 1.40. The Hall–Kier alpha value is -3.84. The number of rotatable bonds is 2. The molecule has 7 heteroatoms. The molecule has 0 unspecified atom stereocenters. The van der Waals surface area contributed by atoms with E-state index >= 15 is 0 Å². The van der Waals surface area contributed by atoms with Crippen LogP contribution in [0, 0.1) is 0 Å². The molecule has 3 aromatic rings. The van der Waals surface area contributed by atoms with Gasteiger partial charge in [-0.1, -0.05) is 30.3 Å². The fourth-order valence-corrected chi connectivity index (χ4v) is 4.42. The van der Waals surface area contributed by atoms with Crippen molar-refractivity contribution in [3.05, 3.63) is 78.0 Å². The maximum Gasteiger partial charge on any atom is 0.272 e. The topological polar surface area (TPSA) is 72.9 Å². The van der Waals surface area contributed by atoms with Gasteiger partial charge in [0, 0.05) is 11.8 Å². The molecule has 166 valence electrons. The van der Waals surface area contributed by atoms with E-state index in [1.807, 2.05) is 42.5 Å². The predicted molar refractivity (Wildman–Crippen MR) is 125 cm³/mol. The van der Waals surface area contributed by atoms with Gasteiger partial charge < -0.3 is 24.4 Å². The molecule has 3 aliphatic rings. The normalized spacial score (nSPS) is 18.8. The van der Waals surface area contributed by atoms with Crippen LogP contribution in [0.3, 0.4) is 0 Å². The average Bonchev–Trinajstić information content (AvgIpc) is 3.05. The molecule has 4 heterocycles. The van der Waals surface area contributed by atoms with Crippen molar-refractivity contribution in [2.75, 3.05) is 30.0 Å². The van der Waals surface area contributed by atoms with E-state index in [1.54, 1.807) is 11.1 Å². The van der Waals surface area contributed by atoms with Crippen molar-refractivity contribution in [3.63, 3.8) is 0 Å². The molecule has 1 N–H and O–H groups in total. The van der Waals surface area contributed by atoms with E-state index in [9.17, 15) is 4.79 Å². The van der Waals surface area contributed by atoms with Gasteiger partial charge in [-0.25, -0.2) is 4.98 Å². The van der Waals surface area contributed by atoms with Crippen molar-refractivity contribution >= 4 is 28.7 Å². The number of para-hydroxylation sites is 2. The second-order valence-corrected chi connectivity index (χ2v) is 8.21. The molecule has 1 aromatic heterocycles. The van der Waals surface area contributed by atoms with Gasteiger partial charge in [0.15, 0.2) is 11.5 Å². The summed E-state index contributed by atoms with van der Waals surface area (Å²) in [5.41, 5.74) is 4.87. The summed E-state index contributed by atoms with van der Waals surface area (Å²) < 4.78 is 17.4. The number of ether oxygens (including phenoxy) is 3. The molecule has 1 amide bonds. The molecule has 0 fully saturated rings. The molecule has 0 bridgehead atoms. The van der Waals surface area contributed by atoms with Crippen LogP contribution in [0.4, 0.5) is 17.2 Å². The predicted octanol–water partition coefficient (Wildman–Crippen LogP) is 4.32. The summed E-state index contributed by atoms with van der Waals surface area (Å²) in [6.45, 7) is 1.85. The van der Waals surface area contributed by atoms with E-state index in [1.165, 1.54) is 5.57 Å². The maximum absolute atomic E-state index is 13.8. The standard InChI is InChI=1S/C26H23N3O4/c30-26(24-16-32-22-5-1-2-6-23(22)33-24)29-15-19-4-3-11-27-25(19)28-20-8-7-18(14-21(20)29)17-9-12-31-13-10-17/h1-9,11,14,24H,10,12-13,15-16H2,(H,27,28)/t24-/m1/s1. The fourth-order valence-electron chi connectivity index (χ4n) is 4.42. The zero-order chi connectivity index (χ0) is 22.2. The molecule has 1 atom stereocenters. The van der Waals surface area contributed by atoms with Crippen LogP contribution in [-0.4, -0.2) is 36.8 Å². The number of fused-ring (bicyclic) bond motifs is 3. The SMILES string of the molecule is O=C([C@H]1COc2ccccc2O1)N1Cc2cccnc2Nc2ccc(C3=CCOCC3)cc21. The number of aromatic nitrogens is 1. The summed E-state index contributed by atoms with van der Waals surface area (Å²) in [4.78, 5) is 20.1. The van der Waals surface area contributed by atoms with Gasteiger partial charge >= 0.3 is 0 Å². The Morgan fingerprint density at radius 2 is 2.00 bits per heavy atom. The van der Waals surface area contributed by atoms with Crippen molar-refractivity contribution in [2.24, 2.45) is 0 Å². The number of anilines is 3. The summed E-state index contributed by atoms with van der Waals surface area (Å²) in [7, 11) is 0. The number of hydrogen-bond donors (Lipinski definition) is 1. The fraction of sp³-hybridized carbons (Fsp3) is 0.231. The van der Waals surface area contributed by atoms with Gasteiger partial charge in [-0.3, -0.25) is 4.79 Å². The first kappa shape index (κ1) is 19.8. The number of benzene rings is 2. The lowest BCUT2D eigenvalue weighted by Crippen LogP contribution is -2.46. The Kier molecular flexibility index (Phi) is 4.96. The summed E-state index contributed by atoms with van der Waals surface area (Å²) in [5.74, 6) is 1.84. The second-order valence-electron chi connectivity index (χ2n) is 8.21. The lowest BCUT2D eigenvalue weighted by atomic mass is 10.00. The zero-order valence-corrected chi connectivity index (χ0v) is 18.0. The van der Waals surface area contributed by atoms with Crippen LogP contribution >= 0.6 is 0 Å². The van der Waals surface area contributed by atoms with Crippen LogP contribution in [0.5, 0.6) is 11.5 Å². The molecule has 0 saturated heterocycles. The molecule has 0 radical (unpaired) electrons. The van der Waals surface area contributed by atoms with E-state index in [0.29, 0.717) is 31.3 Å². The van der Waals surface area contributed by atoms with E-state index in [4.69, 9.17) is 14.2 Å². The van der Waals surface area contributed by atoms with Crippen molar-refractivity contribution in [1.29, 1.82) is 0 Å². The second kappa shape index (κ2) is 8.26. The van der Waals surface area contributed by atoms with Crippen LogP contribution in [-0.2, 0) is 16.1 Å². The van der Waals surface area contributed by atoms with E-state index in [0.717, 1.165) is 34.7 Å². The first-order valence-electron chi connectivity index (χ1n) is 11.1. The van der Waals surface area contributed by atoms with Crippen LogP contribution < -0.4 is 19.7 Å². The molecule has 3 aliphatic heterocycles. The largest absolute Gasteiger partial charge is 0.485 e. The summed E-state index contributed by atoms with van der Waals surface area (Å²) in [5, 5.41) is 3.42. The molecule has 0 aliphatic carbocycles. The molecule has 33 heavy (non-hydrogen) atoms. The van der Waals surface area contributed by atoms with Crippen LogP contribution in [0.2, 0.25) is 0 Å². The highest BCUT2D eigenvalue weighted by molar-refractivity contribution is 6.01. The Bertz CT molecular complexity index is 1260. The third kappa shape index (κ3) is 3.70. The number of carbonyl (C=O) groups excluding carboxylic acids is 1. The molecule has 2 aromatic carbocycles. The van der Waals surface area contributed by atoms with Gasteiger partial charge in [0.05, 0.1) is 31.1 Å². The minimum atomic E-state index is -0.739. The van der Waals surface area contributed by atoms with Crippen LogP contribution in [0.1, 0.15) is 17.5 Å². The molecule has 0 spiro atoms. The van der Waals surface area contributed by atoms with Crippen molar-refractivity contribution in [2.45, 2.75) is 19.1 Å². The minimum absolute atomic E-state index is 0.151. The van der Waals surface area contributed by atoms with E-state index < -0.39 is 6.10 Å². The quantitative estimate of drug-likeness (QED) is 0.639. The van der Waals surface area contributed by atoms with Crippen molar-refractivity contribution in [3.8, 4) is 11.5 Å². The monoisotopic (exact) mass is 441 g/mol. The smallest absolute Gasteiger partial charge is 0.272 e. The summed E-state index contributed by atoms with van der Waals surface area (Å²) in [6.07, 6.45) is 3.96. The van der Waals surface area contributed by atoms with Gasteiger partial charge in [-0.05, 0) is 47.9 Å². The molecule has 6 rings (SSSR count). The zero-order valence-electron chi connectivity index (χ0n) is 18.0. The highest BCUT2D eigenvalue weighted by atomic mass is 16.6. The molecule has 0 saturated carbocycles. The van der Waals surface area contributed by atoms with Gasteiger partial charge in [0.25, 0.3) is 5.91 Å². The number of hydrogen-bond acceptors (Lipinski definition) is 6. The first-order valence-corrected chi connectivity index (χ1v) is 11.1. The van der Waals surface area contributed by atoms with Crippen LogP contribution in [0.25, 0.3) is 5.57 Å². The van der Waals surface area contributed by atoms with Gasteiger partial charge in [-0.2, -0.15) is 0 Å². The Labute approximate surface area is 191 Å². The third-order valence-electron chi connectivity index (χ3n) is 6.15. The average molecular weight is 441 g/mol.